The van der Waals surface area contributed by atoms with Gasteiger partial charge in [-0.05, 0) is 70.7 Å². The number of non-ortho nitro benzene ring substituents is 2. The highest BCUT2D eigenvalue weighted by molar-refractivity contribution is 8.18. The van der Waals surface area contributed by atoms with E-state index in [1.54, 1.807) is 0 Å². The number of nitro groups is 2. The molecule has 0 unspecified atom stereocenters. The number of nitrogens with one attached hydrogen (secondary N) is 2. The Bertz CT molecular complexity index is 2110. The largest absolute Gasteiger partial charge is 0.350 e. The molecule has 2 N–H and O–H groups in total. The van der Waals surface area contributed by atoms with Crippen LogP contribution in [0.4, 0.5) is 22.7 Å². The summed E-state index contributed by atoms with van der Waals surface area (Å²) in [6, 6.07) is 22.2. The quantitative estimate of drug-likeness (QED) is 0.0602. The molecule has 0 saturated heterocycles. The number of hydrogen-bond donors (Lipinski definition) is 2. The van der Waals surface area contributed by atoms with Gasteiger partial charge >= 0.3 is 0 Å². The summed E-state index contributed by atoms with van der Waals surface area (Å²) in [4.78, 5) is 49.5. The third-order valence-corrected chi connectivity index (χ3v) is 11.2. The SMILES string of the molecule is N#C/C(C(=O)NCCNC(=O)/C(C#N)=C1\SC(c2cccs2)=NN1c1ccc([N+](=O)[O-])cc1)=C1/SC(c2cccs2)=NN1c1ccc([N+](=O)[O-])cc1. The predicted molar refractivity (Wildman–Crippen MR) is 199 cm³/mol. The normalized spacial score (nSPS) is 15.6. The molecule has 2 aliphatic rings. The number of carbonyl (C=O) groups excluding carboxylic acids is 2. The van der Waals surface area contributed by atoms with Crippen LogP contribution in [0.25, 0.3) is 0 Å². The molecule has 16 nitrogen and oxygen atoms in total. The third-order valence-electron chi connectivity index (χ3n) is 7.03. The monoisotopic (exact) mass is 768 g/mol. The Labute approximate surface area is 310 Å². The molecule has 0 spiro atoms. The summed E-state index contributed by atoms with van der Waals surface area (Å²) < 4.78 is 0. The fraction of sp³-hybridized carbons (Fsp3) is 0.0625. The van der Waals surface area contributed by atoms with Crippen LogP contribution >= 0.6 is 46.2 Å². The van der Waals surface area contributed by atoms with E-state index in [0.717, 1.165) is 33.3 Å². The molecule has 2 aliphatic heterocycles. The highest BCUT2D eigenvalue weighted by Crippen LogP contribution is 2.41. The molecule has 0 atom stereocenters. The van der Waals surface area contributed by atoms with Crippen LogP contribution in [0.1, 0.15) is 9.75 Å². The van der Waals surface area contributed by atoms with Crippen molar-refractivity contribution in [2.45, 2.75) is 0 Å². The lowest BCUT2D eigenvalue weighted by molar-refractivity contribution is -0.385. The van der Waals surface area contributed by atoms with Gasteiger partial charge in [0.15, 0.2) is 0 Å². The van der Waals surface area contributed by atoms with Gasteiger partial charge in [0.05, 0.1) is 31.0 Å². The van der Waals surface area contributed by atoms with E-state index in [2.05, 4.69) is 20.8 Å². The lowest BCUT2D eigenvalue weighted by Crippen LogP contribution is -2.36. The molecule has 2 aromatic carbocycles. The second-order valence-electron chi connectivity index (χ2n) is 10.2. The lowest BCUT2D eigenvalue weighted by atomic mass is 10.2. The molecule has 2 aromatic heterocycles. The van der Waals surface area contributed by atoms with E-state index in [0.29, 0.717) is 21.5 Å². The van der Waals surface area contributed by atoms with Crippen LogP contribution in [-0.2, 0) is 9.59 Å². The molecule has 0 fully saturated rings. The number of amides is 2. The fourth-order valence-corrected chi connectivity index (χ4v) is 8.24. The molecule has 0 aliphatic carbocycles. The van der Waals surface area contributed by atoms with Crippen molar-refractivity contribution in [3.8, 4) is 12.1 Å². The molecule has 258 valence electrons. The van der Waals surface area contributed by atoms with Crippen molar-refractivity contribution in [3.05, 3.63) is 135 Å². The minimum absolute atomic E-state index is 0.117. The summed E-state index contributed by atoms with van der Waals surface area (Å²) in [6.45, 7) is -0.234. The van der Waals surface area contributed by atoms with Gasteiger partial charge in [-0.1, -0.05) is 12.1 Å². The number of carbonyl (C=O) groups is 2. The van der Waals surface area contributed by atoms with Crippen molar-refractivity contribution < 1.29 is 19.4 Å². The van der Waals surface area contributed by atoms with Gasteiger partial charge in [-0.3, -0.25) is 29.8 Å². The second kappa shape index (κ2) is 15.7. The van der Waals surface area contributed by atoms with E-state index in [9.17, 15) is 40.3 Å². The Balaban J connectivity index is 1.17. The van der Waals surface area contributed by atoms with E-state index in [4.69, 9.17) is 0 Å². The maximum Gasteiger partial charge on any atom is 0.269 e. The fourth-order valence-electron chi connectivity index (χ4n) is 4.60. The Morgan fingerprint density at radius 1 is 0.673 bits per heavy atom. The maximum atomic E-state index is 13.3. The van der Waals surface area contributed by atoms with Gasteiger partial charge < -0.3 is 10.6 Å². The first-order valence-corrected chi connectivity index (χ1v) is 18.1. The van der Waals surface area contributed by atoms with E-state index < -0.39 is 21.7 Å². The maximum absolute atomic E-state index is 13.3. The van der Waals surface area contributed by atoms with Gasteiger partial charge in [-0.2, -0.15) is 20.7 Å². The van der Waals surface area contributed by atoms with E-state index in [-0.39, 0.29) is 45.7 Å². The zero-order valence-electron chi connectivity index (χ0n) is 26.2. The Kier molecular flexibility index (Phi) is 10.7. The molecule has 52 heavy (non-hydrogen) atoms. The van der Waals surface area contributed by atoms with Gasteiger partial charge in [-0.15, -0.1) is 22.7 Å². The van der Waals surface area contributed by atoms with Gasteiger partial charge in [0.2, 0.25) is 0 Å². The average Bonchev–Trinajstić information content (AvgIpc) is 3.98. The van der Waals surface area contributed by atoms with Crippen LogP contribution in [0.2, 0.25) is 0 Å². The zero-order valence-corrected chi connectivity index (χ0v) is 29.4. The van der Waals surface area contributed by atoms with Crippen molar-refractivity contribution in [1.82, 2.24) is 10.6 Å². The molecule has 2 amide bonds. The number of benzene rings is 2. The summed E-state index contributed by atoms with van der Waals surface area (Å²) in [5.74, 6) is -1.50. The molecule has 0 radical (unpaired) electrons. The molecule has 4 heterocycles. The highest BCUT2D eigenvalue weighted by Gasteiger charge is 2.32. The van der Waals surface area contributed by atoms with Gasteiger partial charge in [0.1, 0.15) is 43.4 Å². The Morgan fingerprint density at radius 3 is 1.37 bits per heavy atom. The van der Waals surface area contributed by atoms with Gasteiger partial charge in [0, 0.05) is 37.4 Å². The molecule has 0 saturated carbocycles. The average molecular weight is 769 g/mol. The van der Waals surface area contributed by atoms with Crippen LogP contribution in [0.15, 0.2) is 115 Å². The van der Waals surface area contributed by atoms with E-state index in [1.165, 1.54) is 81.2 Å². The first kappa shape index (κ1) is 35.5. The summed E-state index contributed by atoms with van der Waals surface area (Å²) in [6.07, 6.45) is 0. The number of hydrazone groups is 2. The predicted octanol–water partition coefficient (Wildman–Crippen LogP) is 5.86. The second-order valence-corrected chi connectivity index (χ2v) is 14.1. The van der Waals surface area contributed by atoms with Gasteiger partial charge in [0.25, 0.3) is 23.2 Å². The number of nitrogens with zero attached hydrogens (tertiary/aromatic N) is 8. The van der Waals surface area contributed by atoms with Crippen molar-refractivity contribution in [2.75, 3.05) is 23.1 Å². The minimum atomic E-state index is -0.752. The summed E-state index contributed by atoms with van der Waals surface area (Å²) in [7, 11) is 0. The molecular formula is C32H20N10O6S4. The van der Waals surface area contributed by atoms with Crippen LogP contribution in [0, 0.1) is 42.9 Å². The topological polar surface area (TPSA) is 223 Å². The molecule has 6 rings (SSSR count). The van der Waals surface area contributed by atoms with Crippen LogP contribution in [-0.4, -0.2) is 44.8 Å². The molecule has 4 aromatic rings. The van der Waals surface area contributed by atoms with Crippen molar-refractivity contribution in [1.29, 1.82) is 10.5 Å². The minimum Gasteiger partial charge on any atom is -0.350 e. The molecule has 0 bridgehead atoms. The zero-order chi connectivity index (χ0) is 36.8. The van der Waals surface area contributed by atoms with Crippen LogP contribution in [0.5, 0.6) is 0 Å². The van der Waals surface area contributed by atoms with Crippen LogP contribution < -0.4 is 20.7 Å². The summed E-state index contributed by atoms with van der Waals surface area (Å²) in [5, 5.41) is 64.7. The number of rotatable bonds is 11. The van der Waals surface area contributed by atoms with E-state index in [1.807, 2.05) is 47.2 Å². The smallest absolute Gasteiger partial charge is 0.269 e. The molecule has 20 heteroatoms. The first-order chi connectivity index (χ1) is 25.2. The van der Waals surface area contributed by atoms with E-state index >= 15 is 0 Å². The number of nitriles is 2. The number of hydrogen-bond acceptors (Lipinski definition) is 16. The van der Waals surface area contributed by atoms with Crippen molar-refractivity contribution in [3.63, 3.8) is 0 Å². The molecular weight excluding hydrogens is 749 g/mol. The number of nitro benzene ring substituents is 2. The highest BCUT2D eigenvalue weighted by atomic mass is 32.2. The summed E-state index contributed by atoms with van der Waals surface area (Å²) in [5.41, 5.74) is -0.0414. The van der Waals surface area contributed by atoms with Gasteiger partial charge in [-0.25, -0.2) is 10.0 Å². The standard InChI is InChI=1S/C32H20N10O6S4/c33-17-23(31-39(19-5-9-21(10-6-19)41(45)46)37-29(51-31)25-3-1-15-49-25)27(43)35-13-14-36-28(44)24(18-34)32-40(20-7-11-22(12-8-20)42(47)48)38-30(52-32)26-4-2-16-50-26/h1-12,15-16H,13-14H2,(H,35,43)(H,36,44)/b31-23-,32-24-. The lowest BCUT2D eigenvalue weighted by Gasteiger charge is -2.17. The third kappa shape index (κ3) is 7.55. The first-order valence-electron chi connectivity index (χ1n) is 14.7. The summed E-state index contributed by atoms with van der Waals surface area (Å²) >= 11 is 5.01. The van der Waals surface area contributed by atoms with Crippen molar-refractivity contribution >= 4 is 90.8 Å². The van der Waals surface area contributed by atoms with Crippen LogP contribution in [0.3, 0.4) is 0 Å². The van der Waals surface area contributed by atoms with Crippen molar-refractivity contribution in [2.24, 2.45) is 10.2 Å². The Hall–Kier alpha value is -6.32. The number of thioether (sulfide) groups is 2. The Morgan fingerprint density at radius 2 is 1.06 bits per heavy atom. The number of thiophene rings is 2. The number of anilines is 2.